The molecule has 0 fully saturated rings. The lowest BCUT2D eigenvalue weighted by Gasteiger charge is -2.13. The van der Waals surface area contributed by atoms with E-state index in [9.17, 15) is 19.5 Å². The molecule has 4 aromatic rings. The fourth-order valence-electron chi connectivity index (χ4n) is 3.63. The van der Waals surface area contributed by atoms with E-state index in [4.69, 9.17) is 0 Å². The number of carbonyl (C=O) groups is 2. The second kappa shape index (κ2) is 9.99. The smallest absolute Gasteiger partial charge is 0.335 e. The highest BCUT2D eigenvalue weighted by Gasteiger charge is 2.13. The lowest BCUT2D eigenvalue weighted by Crippen LogP contribution is -2.34. The number of aromatic nitrogens is 4. The summed E-state index contributed by atoms with van der Waals surface area (Å²) in [4.78, 5) is 48.3. The molecule has 0 radical (unpaired) electrons. The zero-order chi connectivity index (χ0) is 24.1. The van der Waals surface area contributed by atoms with E-state index in [1.165, 1.54) is 10.8 Å². The largest absolute Gasteiger partial charge is 0.478 e. The summed E-state index contributed by atoms with van der Waals surface area (Å²) in [5, 5.41) is 16.1. The topological polar surface area (TPSA) is 142 Å². The molecule has 1 amide bonds. The Hall–Kier alpha value is -4.47. The molecule has 3 aromatic heterocycles. The van der Waals surface area contributed by atoms with Gasteiger partial charge in [0.1, 0.15) is 6.54 Å². The van der Waals surface area contributed by atoms with Crippen LogP contribution < -0.4 is 16.2 Å². The van der Waals surface area contributed by atoms with Gasteiger partial charge in [0.2, 0.25) is 5.91 Å². The van der Waals surface area contributed by atoms with Gasteiger partial charge in [0.15, 0.2) is 5.82 Å². The van der Waals surface area contributed by atoms with Crippen molar-refractivity contribution in [2.75, 3.05) is 11.9 Å². The summed E-state index contributed by atoms with van der Waals surface area (Å²) in [6, 6.07) is 10.5. The van der Waals surface area contributed by atoms with Crippen molar-refractivity contribution in [2.45, 2.75) is 26.4 Å². The highest BCUT2D eigenvalue weighted by Crippen LogP contribution is 2.12. The zero-order valence-electron chi connectivity index (χ0n) is 18.5. The van der Waals surface area contributed by atoms with Crippen LogP contribution in [0.3, 0.4) is 0 Å². The number of rotatable bonds is 9. The number of anilines is 1. The molecule has 0 unspecified atom stereocenters. The Labute approximate surface area is 194 Å². The summed E-state index contributed by atoms with van der Waals surface area (Å²) < 4.78 is 1.35. The number of pyridine rings is 1. The molecule has 10 heteroatoms. The summed E-state index contributed by atoms with van der Waals surface area (Å²) >= 11 is 0. The number of nitrogens with one attached hydrogen (secondary N) is 3. The maximum absolute atomic E-state index is 12.9. The third-order valence-corrected chi connectivity index (χ3v) is 5.45. The van der Waals surface area contributed by atoms with Crippen molar-refractivity contribution in [3.05, 3.63) is 87.9 Å². The van der Waals surface area contributed by atoms with Gasteiger partial charge in [0.25, 0.3) is 5.56 Å². The van der Waals surface area contributed by atoms with Crippen molar-refractivity contribution in [3.8, 4) is 0 Å². The minimum atomic E-state index is -0.999. The number of aromatic carboxylic acids is 1. The van der Waals surface area contributed by atoms with Gasteiger partial charge in [-0.1, -0.05) is 18.2 Å². The molecule has 0 aliphatic carbocycles. The fraction of sp³-hybridized carbons (Fsp3) is 0.208. The highest BCUT2D eigenvalue weighted by atomic mass is 16.4. The minimum absolute atomic E-state index is 0.103. The van der Waals surface area contributed by atoms with Crippen LogP contribution in [-0.2, 0) is 24.3 Å². The van der Waals surface area contributed by atoms with Gasteiger partial charge in [-0.25, -0.2) is 9.78 Å². The van der Waals surface area contributed by atoms with Gasteiger partial charge in [-0.15, -0.1) is 0 Å². The molecular weight excluding hydrogens is 436 g/mol. The van der Waals surface area contributed by atoms with Crippen LogP contribution in [0.4, 0.5) is 5.82 Å². The molecule has 10 nitrogen and oxygen atoms in total. The van der Waals surface area contributed by atoms with Crippen LogP contribution in [0.25, 0.3) is 10.9 Å². The number of hydrogen-bond donors (Lipinski definition) is 4. The first-order chi connectivity index (χ1) is 16.4. The fourth-order valence-corrected chi connectivity index (χ4v) is 3.63. The Kier molecular flexibility index (Phi) is 6.67. The van der Waals surface area contributed by atoms with E-state index in [-0.39, 0.29) is 30.4 Å². The van der Waals surface area contributed by atoms with Crippen LogP contribution in [0.2, 0.25) is 0 Å². The number of amides is 1. The van der Waals surface area contributed by atoms with E-state index >= 15 is 0 Å². The van der Waals surface area contributed by atoms with Crippen molar-refractivity contribution in [2.24, 2.45) is 0 Å². The maximum Gasteiger partial charge on any atom is 0.335 e. The standard InChI is InChI=1S/C24H24N6O4/c1-15-11-29-22(26-9-6-16-4-2-3-5-19(16)24(33)34)23(32)30(15)14-21(31)28-12-18-10-17-7-8-25-20(17)13-27-18/h2-5,7-8,10-11,13,25H,6,9,12,14H2,1H3,(H,26,29)(H,28,31)(H,33,34). The minimum Gasteiger partial charge on any atom is -0.478 e. The summed E-state index contributed by atoms with van der Waals surface area (Å²) in [5.74, 6) is -1.22. The third-order valence-electron chi connectivity index (χ3n) is 5.45. The molecule has 0 bridgehead atoms. The van der Waals surface area contributed by atoms with Gasteiger partial charge in [-0.2, -0.15) is 0 Å². The first-order valence-electron chi connectivity index (χ1n) is 10.7. The predicted molar refractivity (Wildman–Crippen MR) is 127 cm³/mol. The van der Waals surface area contributed by atoms with Crippen LogP contribution in [-0.4, -0.2) is 43.0 Å². The molecule has 0 aliphatic heterocycles. The Balaban J connectivity index is 1.38. The SMILES string of the molecule is Cc1cnc(NCCc2ccccc2C(=O)O)c(=O)n1CC(=O)NCc1cc2cc[nH]c2cn1. The van der Waals surface area contributed by atoms with Crippen molar-refractivity contribution in [1.29, 1.82) is 0 Å². The lowest BCUT2D eigenvalue weighted by molar-refractivity contribution is -0.121. The summed E-state index contributed by atoms with van der Waals surface area (Å²) in [6.45, 7) is 2.11. The number of nitrogens with zero attached hydrogens (tertiary/aromatic N) is 3. The molecule has 0 aliphatic rings. The molecule has 0 spiro atoms. The lowest BCUT2D eigenvalue weighted by atomic mass is 10.0. The Morgan fingerprint density at radius 2 is 1.97 bits per heavy atom. The van der Waals surface area contributed by atoms with Crippen LogP contribution in [0.15, 0.2) is 59.8 Å². The van der Waals surface area contributed by atoms with Crippen molar-refractivity contribution in [3.63, 3.8) is 0 Å². The molecule has 0 saturated heterocycles. The molecule has 174 valence electrons. The van der Waals surface area contributed by atoms with E-state index in [0.717, 1.165) is 10.9 Å². The molecule has 1 aromatic carbocycles. The number of H-pyrrole nitrogens is 1. The second-order valence-electron chi connectivity index (χ2n) is 7.80. The molecule has 3 heterocycles. The number of aromatic amines is 1. The highest BCUT2D eigenvalue weighted by molar-refractivity contribution is 5.89. The molecule has 4 N–H and O–H groups in total. The quantitative estimate of drug-likeness (QED) is 0.300. The number of carboxylic acids is 1. The van der Waals surface area contributed by atoms with E-state index in [0.29, 0.717) is 29.9 Å². The number of fused-ring (bicyclic) bond motifs is 1. The van der Waals surface area contributed by atoms with E-state index in [1.54, 1.807) is 37.4 Å². The number of carboxylic acid groups (broad SMARTS) is 1. The van der Waals surface area contributed by atoms with Crippen LogP contribution >= 0.6 is 0 Å². The van der Waals surface area contributed by atoms with E-state index in [2.05, 4.69) is 25.6 Å². The van der Waals surface area contributed by atoms with E-state index < -0.39 is 11.5 Å². The predicted octanol–water partition coefficient (Wildman–Crippen LogP) is 2.10. The van der Waals surface area contributed by atoms with Gasteiger partial charge in [-0.05, 0) is 37.1 Å². The van der Waals surface area contributed by atoms with Crippen molar-refractivity contribution < 1.29 is 14.7 Å². The molecular formula is C24H24N6O4. The van der Waals surface area contributed by atoms with Crippen LogP contribution in [0, 0.1) is 6.92 Å². The maximum atomic E-state index is 12.9. The molecule has 4 rings (SSSR count). The summed E-state index contributed by atoms with van der Waals surface area (Å²) in [5.41, 5.74) is 2.63. The van der Waals surface area contributed by atoms with Crippen molar-refractivity contribution in [1.82, 2.24) is 24.8 Å². The number of benzene rings is 1. The average Bonchev–Trinajstić information content (AvgIpc) is 3.30. The van der Waals surface area contributed by atoms with Crippen LogP contribution in [0.1, 0.15) is 27.3 Å². The number of aryl methyl sites for hydroxylation is 1. The summed E-state index contributed by atoms with van der Waals surface area (Å²) in [7, 11) is 0. The van der Waals surface area contributed by atoms with Crippen LogP contribution in [0.5, 0.6) is 0 Å². The molecule has 0 saturated carbocycles. The normalized spacial score (nSPS) is 10.9. The van der Waals surface area contributed by atoms with Gasteiger partial charge < -0.3 is 20.7 Å². The Morgan fingerprint density at radius 3 is 2.79 bits per heavy atom. The Bertz CT molecular complexity index is 1410. The second-order valence-corrected chi connectivity index (χ2v) is 7.80. The number of carbonyl (C=O) groups excluding carboxylic acids is 1. The van der Waals surface area contributed by atoms with Crippen molar-refractivity contribution >= 4 is 28.6 Å². The van der Waals surface area contributed by atoms with Gasteiger partial charge in [0, 0.05) is 30.0 Å². The number of hydrogen-bond acceptors (Lipinski definition) is 6. The molecule has 34 heavy (non-hydrogen) atoms. The third kappa shape index (κ3) is 5.12. The molecule has 0 atom stereocenters. The van der Waals surface area contributed by atoms with Gasteiger partial charge in [-0.3, -0.25) is 19.1 Å². The van der Waals surface area contributed by atoms with Gasteiger partial charge in [0.05, 0.1) is 29.5 Å². The first-order valence-corrected chi connectivity index (χ1v) is 10.7. The van der Waals surface area contributed by atoms with E-state index in [1.807, 2.05) is 18.3 Å². The summed E-state index contributed by atoms with van der Waals surface area (Å²) in [6.07, 6.45) is 5.45. The first kappa shape index (κ1) is 22.7. The average molecular weight is 460 g/mol. The zero-order valence-corrected chi connectivity index (χ0v) is 18.5. The van der Waals surface area contributed by atoms with Gasteiger partial charge >= 0.3 is 5.97 Å². The monoisotopic (exact) mass is 460 g/mol. The Morgan fingerprint density at radius 1 is 1.15 bits per heavy atom.